The third kappa shape index (κ3) is 4.94. The van der Waals surface area contributed by atoms with Gasteiger partial charge in [0.05, 0.1) is 18.0 Å². The quantitative estimate of drug-likeness (QED) is 0.530. The summed E-state index contributed by atoms with van der Waals surface area (Å²) in [4.78, 5) is 4.87. The van der Waals surface area contributed by atoms with Gasteiger partial charge in [-0.1, -0.05) is 70.4 Å². The molecule has 0 fully saturated rings. The van der Waals surface area contributed by atoms with E-state index in [-0.39, 0.29) is 0 Å². The van der Waals surface area contributed by atoms with Gasteiger partial charge in [0, 0.05) is 13.6 Å². The summed E-state index contributed by atoms with van der Waals surface area (Å²) in [5.74, 6) is 0. The molecular weight excluding hydrogens is 256 g/mol. The second kappa shape index (κ2) is 8.96. The van der Waals surface area contributed by atoms with Crippen molar-refractivity contribution in [3.63, 3.8) is 0 Å². The minimum absolute atomic E-state index is 1.05. The Kier molecular flexibility index (Phi) is 6.91. The molecule has 0 saturated heterocycles. The van der Waals surface area contributed by atoms with Crippen LogP contribution >= 0.6 is 0 Å². The van der Waals surface area contributed by atoms with E-state index in [9.17, 15) is 0 Å². The summed E-state index contributed by atoms with van der Waals surface area (Å²) in [6.45, 7) is 4.54. The first-order valence-corrected chi connectivity index (χ1v) is 8.88. The van der Waals surface area contributed by atoms with Gasteiger partial charge in [-0.15, -0.1) is 0 Å². The second-order valence-corrected chi connectivity index (χ2v) is 6.42. The van der Waals surface area contributed by atoms with Crippen LogP contribution < -0.4 is 9.80 Å². The zero-order chi connectivity index (χ0) is 14.9. The Labute approximate surface area is 131 Å². The molecule has 0 spiro atoms. The molecule has 1 aromatic rings. The number of nitrogens with zero attached hydrogens (tertiary/aromatic N) is 2. The highest BCUT2D eigenvalue weighted by molar-refractivity contribution is 5.75. The van der Waals surface area contributed by atoms with E-state index in [4.69, 9.17) is 0 Å². The van der Waals surface area contributed by atoms with Crippen molar-refractivity contribution in [1.82, 2.24) is 0 Å². The lowest BCUT2D eigenvalue weighted by Crippen LogP contribution is -2.28. The van der Waals surface area contributed by atoms with Crippen LogP contribution in [0.1, 0.15) is 64.7 Å². The second-order valence-electron chi connectivity index (χ2n) is 6.42. The topological polar surface area (TPSA) is 6.48 Å². The molecule has 21 heavy (non-hydrogen) atoms. The maximum atomic E-state index is 2.52. The summed E-state index contributed by atoms with van der Waals surface area (Å²) in [5, 5.41) is 0. The molecule has 1 aromatic carbocycles. The number of para-hydroxylation sites is 2. The summed E-state index contributed by atoms with van der Waals surface area (Å²) in [7, 11) is 2.19. The van der Waals surface area contributed by atoms with Crippen LogP contribution in [0.4, 0.5) is 11.4 Å². The van der Waals surface area contributed by atoms with Crippen molar-refractivity contribution in [3.05, 3.63) is 24.3 Å². The molecule has 1 aliphatic heterocycles. The third-order valence-electron chi connectivity index (χ3n) is 4.55. The zero-order valence-corrected chi connectivity index (χ0v) is 14.0. The molecule has 0 bridgehead atoms. The molecule has 0 aliphatic carbocycles. The van der Waals surface area contributed by atoms with Crippen LogP contribution in [0, 0.1) is 0 Å². The highest BCUT2D eigenvalue weighted by Gasteiger charge is 2.21. The van der Waals surface area contributed by atoms with Gasteiger partial charge in [0.25, 0.3) is 0 Å². The summed E-state index contributed by atoms with van der Waals surface area (Å²) in [5.41, 5.74) is 2.80. The lowest BCUT2D eigenvalue weighted by atomic mass is 10.1. The van der Waals surface area contributed by atoms with E-state index in [2.05, 4.69) is 48.0 Å². The van der Waals surface area contributed by atoms with Crippen molar-refractivity contribution < 1.29 is 0 Å². The van der Waals surface area contributed by atoms with Crippen LogP contribution in [-0.2, 0) is 0 Å². The number of fused-ring (bicyclic) bond motifs is 1. The van der Waals surface area contributed by atoms with E-state index in [1.165, 1.54) is 75.7 Å². The van der Waals surface area contributed by atoms with Gasteiger partial charge in [-0.2, -0.15) is 0 Å². The van der Waals surface area contributed by atoms with Crippen molar-refractivity contribution >= 4 is 11.4 Å². The Hall–Kier alpha value is -1.18. The fourth-order valence-corrected chi connectivity index (χ4v) is 3.27. The fourth-order valence-electron chi connectivity index (χ4n) is 3.27. The Bertz CT molecular complexity index is 402. The van der Waals surface area contributed by atoms with Crippen LogP contribution in [0.25, 0.3) is 0 Å². The number of anilines is 2. The first kappa shape index (κ1) is 16.2. The number of hydrogen-bond donors (Lipinski definition) is 0. The molecule has 0 N–H and O–H groups in total. The van der Waals surface area contributed by atoms with Crippen LogP contribution in [0.3, 0.4) is 0 Å². The maximum Gasteiger partial charge on any atom is 0.0901 e. The lowest BCUT2D eigenvalue weighted by molar-refractivity contribution is 0.563. The summed E-state index contributed by atoms with van der Waals surface area (Å²) in [6, 6.07) is 8.77. The van der Waals surface area contributed by atoms with E-state index >= 15 is 0 Å². The highest BCUT2D eigenvalue weighted by atomic mass is 15.4. The van der Waals surface area contributed by atoms with Crippen LogP contribution in [0.15, 0.2) is 24.3 Å². The van der Waals surface area contributed by atoms with Crippen LogP contribution in [0.5, 0.6) is 0 Å². The molecule has 0 unspecified atom stereocenters. The van der Waals surface area contributed by atoms with Gasteiger partial charge >= 0.3 is 0 Å². The van der Waals surface area contributed by atoms with Gasteiger partial charge in [-0.05, 0) is 18.6 Å². The Balaban J connectivity index is 1.56. The van der Waals surface area contributed by atoms with Crippen molar-refractivity contribution in [1.29, 1.82) is 0 Å². The molecule has 1 heterocycles. The standard InChI is InChI=1S/C19H32N2/c1-3-4-5-6-7-8-9-10-13-16-21-17-20(2)18-14-11-12-15-19(18)21/h11-12,14-15H,3-10,13,16-17H2,1-2H3. The minimum atomic E-state index is 1.05. The minimum Gasteiger partial charge on any atom is -0.355 e. The molecule has 2 rings (SSSR count). The van der Waals surface area contributed by atoms with Gasteiger partial charge in [-0.25, -0.2) is 0 Å². The SMILES string of the molecule is CCCCCCCCCCCN1CN(C)c2ccccc21. The number of hydrogen-bond acceptors (Lipinski definition) is 2. The maximum absolute atomic E-state index is 2.52. The average molecular weight is 288 g/mol. The largest absolute Gasteiger partial charge is 0.355 e. The number of benzene rings is 1. The predicted molar refractivity (Wildman–Crippen MR) is 94.3 cm³/mol. The molecule has 0 atom stereocenters. The third-order valence-corrected chi connectivity index (χ3v) is 4.55. The Morgan fingerprint density at radius 1 is 0.810 bits per heavy atom. The fraction of sp³-hybridized carbons (Fsp3) is 0.684. The van der Waals surface area contributed by atoms with Gasteiger partial charge in [-0.3, -0.25) is 0 Å². The number of rotatable bonds is 10. The smallest absolute Gasteiger partial charge is 0.0901 e. The van der Waals surface area contributed by atoms with E-state index in [1.807, 2.05) is 0 Å². The van der Waals surface area contributed by atoms with E-state index in [1.54, 1.807) is 0 Å². The highest BCUT2D eigenvalue weighted by Crippen LogP contribution is 2.34. The first-order chi connectivity index (χ1) is 10.3. The molecule has 1 aliphatic rings. The van der Waals surface area contributed by atoms with E-state index in [0.717, 1.165) is 6.67 Å². The molecule has 0 saturated carbocycles. The van der Waals surface area contributed by atoms with Crippen molar-refractivity contribution in [2.45, 2.75) is 64.7 Å². The molecule has 118 valence electrons. The molecule has 0 amide bonds. The monoisotopic (exact) mass is 288 g/mol. The molecule has 0 radical (unpaired) electrons. The van der Waals surface area contributed by atoms with Gasteiger partial charge < -0.3 is 9.80 Å². The summed E-state index contributed by atoms with van der Waals surface area (Å²) in [6.07, 6.45) is 12.7. The van der Waals surface area contributed by atoms with Gasteiger partial charge in [0.1, 0.15) is 0 Å². The number of unbranched alkanes of at least 4 members (excludes halogenated alkanes) is 8. The first-order valence-electron chi connectivity index (χ1n) is 8.88. The van der Waals surface area contributed by atoms with Crippen molar-refractivity contribution in [2.75, 3.05) is 30.1 Å². The van der Waals surface area contributed by atoms with Crippen LogP contribution in [-0.4, -0.2) is 20.3 Å². The molecule has 2 heteroatoms. The normalized spacial score (nSPS) is 13.8. The van der Waals surface area contributed by atoms with Crippen molar-refractivity contribution in [3.8, 4) is 0 Å². The molecular formula is C19H32N2. The Morgan fingerprint density at radius 2 is 1.38 bits per heavy atom. The average Bonchev–Trinajstić information content (AvgIpc) is 2.83. The van der Waals surface area contributed by atoms with E-state index < -0.39 is 0 Å². The Morgan fingerprint density at radius 3 is 2.05 bits per heavy atom. The van der Waals surface area contributed by atoms with Gasteiger partial charge in [0.15, 0.2) is 0 Å². The summed E-state index contributed by atoms with van der Waals surface area (Å²) < 4.78 is 0. The van der Waals surface area contributed by atoms with Crippen LogP contribution in [0.2, 0.25) is 0 Å². The zero-order valence-electron chi connectivity index (χ0n) is 14.0. The summed E-state index contributed by atoms with van der Waals surface area (Å²) >= 11 is 0. The van der Waals surface area contributed by atoms with Gasteiger partial charge in [0.2, 0.25) is 0 Å². The predicted octanol–water partition coefficient (Wildman–Crippen LogP) is 5.43. The van der Waals surface area contributed by atoms with Crippen molar-refractivity contribution in [2.24, 2.45) is 0 Å². The lowest BCUT2D eigenvalue weighted by Gasteiger charge is -2.19. The molecule has 0 aromatic heterocycles. The van der Waals surface area contributed by atoms with E-state index in [0.29, 0.717) is 0 Å². The molecule has 2 nitrogen and oxygen atoms in total.